The molecular formula is C22H24N2O3S. The quantitative estimate of drug-likeness (QED) is 0.343. The van der Waals surface area contributed by atoms with Crippen molar-refractivity contribution < 1.29 is 9.53 Å². The highest BCUT2D eigenvalue weighted by molar-refractivity contribution is 8.00. The van der Waals surface area contributed by atoms with E-state index in [2.05, 4.69) is 4.98 Å². The molecule has 0 aliphatic carbocycles. The third-order valence-electron chi connectivity index (χ3n) is 4.79. The summed E-state index contributed by atoms with van der Waals surface area (Å²) in [6, 6.07) is 13.0. The van der Waals surface area contributed by atoms with E-state index in [1.807, 2.05) is 57.2 Å². The summed E-state index contributed by atoms with van der Waals surface area (Å²) in [6.07, 6.45) is 0. The van der Waals surface area contributed by atoms with Crippen molar-refractivity contribution in [3.63, 3.8) is 0 Å². The van der Waals surface area contributed by atoms with Gasteiger partial charge in [-0.3, -0.25) is 14.2 Å². The molecule has 0 spiro atoms. The minimum Gasteiger partial charge on any atom is -0.383 e. The number of carbonyl (C=O) groups is 1. The molecule has 0 aliphatic rings. The highest BCUT2D eigenvalue weighted by Crippen LogP contribution is 2.25. The van der Waals surface area contributed by atoms with Crippen LogP contribution in [-0.4, -0.2) is 34.3 Å². The van der Waals surface area contributed by atoms with Gasteiger partial charge >= 0.3 is 0 Å². The van der Waals surface area contributed by atoms with Gasteiger partial charge in [-0.05, 0) is 50.1 Å². The fourth-order valence-electron chi connectivity index (χ4n) is 2.96. The van der Waals surface area contributed by atoms with Gasteiger partial charge in [0.25, 0.3) is 5.56 Å². The normalized spacial score (nSPS) is 12.3. The standard InChI is InChI=1S/C22H24N2O3S/c1-14-9-10-17(13-15(14)2)20(25)16(3)28-22-23-19-8-6-5-7-18(19)21(26)24(22)11-12-27-4/h5-10,13,16H,11-12H2,1-4H3/t16-/m0/s1. The number of nitrogens with zero attached hydrogens (tertiary/aromatic N) is 2. The summed E-state index contributed by atoms with van der Waals surface area (Å²) in [5, 5.41) is 0.727. The van der Waals surface area contributed by atoms with Crippen molar-refractivity contribution in [1.82, 2.24) is 9.55 Å². The van der Waals surface area contributed by atoms with Gasteiger partial charge < -0.3 is 4.74 Å². The summed E-state index contributed by atoms with van der Waals surface area (Å²) in [5.74, 6) is 0.0220. The van der Waals surface area contributed by atoms with Crippen molar-refractivity contribution in [2.24, 2.45) is 0 Å². The van der Waals surface area contributed by atoms with Crippen LogP contribution in [0.25, 0.3) is 10.9 Å². The van der Waals surface area contributed by atoms with Crippen LogP contribution in [0.15, 0.2) is 52.4 Å². The molecule has 3 rings (SSSR count). The molecule has 0 N–H and O–H groups in total. The highest BCUT2D eigenvalue weighted by atomic mass is 32.2. The number of methoxy groups -OCH3 is 1. The van der Waals surface area contributed by atoms with Crippen LogP contribution < -0.4 is 5.56 Å². The van der Waals surface area contributed by atoms with Crippen LogP contribution in [0.5, 0.6) is 0 Å². The molecule has 0 bridgehead atoms. The molecule has 0 saturated heterocycles. The Morgan fingerprint density at radius 2 is 1.93 bits per heavy atom. The van der Waals surface area contributed by atoms with E-state index in [0.717, 1.165) is 11.1 Å². The minimum absolute atomic E-state index is 0.0220. The lowest BCUT2D eigenvalue weighted by Gasteiger charge is -2.16. The van der Waals surface area contributed by atoms with E-state index < -0.39 is 0 Å². The number of hydrogen-bond donors (Lipinski definition) is 0. The van der Waals surface area contributed by atoms with Crippen LogP contribution in [-0.2, 0) is 11.3 Å². The molecule has 146 valence electrons. The van der Waals surface area contributed by atoms with Crippen molar-refractivity contribution in [2.75, 3.05) is 13.7 Å². The zero-order valence-electron chi connectivity index (χ0n) is 16.6. The van der Waals surface area contributed by atoms with E-state index in [4.69, 9.17) is 4.74 Å². The SMILES string of the molecule is COCCn1c(S[C@@H](C)C(=O)c2ccc(C)c(C)c2)nc2ccccc2c1=O. The van der Waals surface area contributed by atoms with Crippen molar-refractivity contribution in [3.8, 4) is 0 Å². The molecule has 0 saturated carbocycles. The van der Waals surface area contributed by atoms with Gasteiger partial charge in [0.05, 0.1) is 29.3 Å². The van der Waals surface area contributed by atoms with Gasteiger partial charge in [0.1, 0.15) is 0 Å². The Hall–Kier alpha value is -2.44. The molecule has 0 radical (unpaired) electrons. The number of rotatable bonds is 7. The van der Waals surface area contributed by atoms with Crippen LogP contribution in [0, 0.1) is 13.8 Å². The van der Waals surface area contributed by atoms with E-state index in [0.29, 0.717) is 34.8 Å². The first-order valence-corrected chi connectivity index (χ1v) is 10.1. The van der Waals surface area contributed by atoms with Crippen molar-refractivity contribution >= 4 is 28.4 Å². The molecule has 3 aromatic rings. The maximum absolute atomic E-state index is 12.9. The maximum Gasteiger partial charge on any atom is 0.262 e. The fraction of sp³-hybridized carbons (Fsp3) is 0.318. The average molecular weight is 397 g/mol. The Labute approximate surface area is 168 Å². The Balaban J connectivity index is 1.96. The first-order valence-electron chi connectivity index (χ1n) is 9.19. The number of ketones is 1. The molecular weight excluding hydrogens is 372 g/mol. The third kappa shape index (κ3) is 4.18. The van der Waals surface area contributed by atoms with E-state index in [1.165, 1.54) is 11.8 Å². The van der Waals surface area contributed by atoms with Crippen LogP contribution in [0.4, 0.5) is 0 Å². The first-order chi connectivity index (χ1) is 13.4. The number of thioether (sulfide) groups is 1. The molecule has 0 fully saturated rings. The molecule has 2 aromatic carbocycles. The van der Waals surface area contributed by atoms with Crippen molar-refractivity contribution in [2.45, 2.75) is 37.7 Å². The number of carbonyl (C=O) groups excluding carboxylic acids is 1. The second-order valence-corrected chi connectivity index (χ2v) is 8.09. The van der Waals surface area contributed by atoms with E-state index >= 15 is 0 Å². The van der Waals surface area contributed by atoms with Gasteiger partial charge in [-0.15, -0.1) is 0 Å². The van der Waals surface area contributed by atoms with Gasteiger partial charge in [0.2, 0.25) is 0 Å². The first kappa shape index (κ1) is 20.3. The van der Waals surface area contributed by atoms with Crippen LogP contribution >= 0.6 is 11.8 Å². The molecule has 6 heteroatoms. The Bertz CT molecular complexity index is 1080. The number of aromatic nitrogens is 2. The summed E-state index contributed by atoms with van der Waals surface area (Å²) >= 11 is 1.31. The molecule has 28 heavy (non-hydrogen) atoms. The summed E-state index contributed by atoms with van der Waals surface area (Å²) in [4.78, 5) is 30.5. The number of para-hydroxylation sites is 1. The molecule has 0 unspecified atom stereocenters. The summed E-state index contributed by atoms with van der Waals surface area (Å²) in [7, 11) is 1.60. The van der Waals surface area contributed by atoms with Gasteiger partial charge in [0.15, 0.2) is 10.9 Å². The Morgan fingerprint density at radius 3 is 2.64 bits per heavy atom. The molecule has 1 heterocycles. The lowest BCUT2D eigenvalue weighted by atomic mass is 10.0. The predicted molar refractivity (Wildman–Crippen MR) is 113 cm³/mol. The van der Waals surface area contributed by atoms with E-state index in [9.17, 15) is 9.59 Å². The second-order valence-electron chi connectivity index (χ2n) is 6.78. The van der Waals surface area contributed by atoms with Gasteiger partial charge in [-0.1, -0.05) is 36.0 Å². The summed E-state index contributed by atoms with van der Waals surface area (Å²) in [5.41, 5.74) is 3.44. The van der Waals surface area contributed by atoms with Gasteiger partial charge in [-0.25, -0.2) is 4.98 Å². The average Bonchev–Trinajstić information content (AvgIpc) is 2.69. The van der Waals surface area contributed by atoms with Gasteiger partial charge in [-0.2, -0.15) is 0 Å². The number of Topliss-reactive ketones (excluding diaryl/α,β-unsaturated/α-hetero) is 1. The minimum atomic E-state index is -0.371. The monoisotopic (exact) mass is 396 g/mol. The highest BCUT2D eigenvalue weighted by Gasteiger charge is 2.21. The fourth-order valence-corrected chi connectivity index (χ4v) is 3.97. The number of ether oxygens (including phenoxy) is 1. The van der Waals surface area contributed by atoms with Crippen LogP contribution in [0.2, 0.25) is 0 Å². The number of benzene rings is 2. The second kappa shape index (κ2) is 8.71. The van der Waals surface area contributed by atoms with Crippen LogP contribution in [0.3, 0.4) is 0 Å². The van der Waals surface area contributed by atoms with Gasteiger partial charge in [0, 0.05) is 12.7 Å². The zero-order chi connectivity index (χ0) is 20.3. The topological polar surface area (TPSA) is 61.2 Å². The Kier molecular flexibility index (Phi) is 6.31. The lowest BCUT2D eigenvalue weighted by molar-refractivity contribution is 0.0993. The maximum atomic E-state index is 12.9. The number of hydrogen-bond acceptors (Lipinski definition) is 5. The van der Waals surface area contributed by atoms with Crippen LogP contribution in [0.1, 0.15) is 28.4 Å². The molecule has 5 nitrogen and oxygen atoms in total. The molecule has 1 atom stereocenters. The molecule has 0 amide bonds. The lowest BCUT2D eigenvalue weighted by Crippen LogP contribution is -2.26. The summed E-state index contributed by atoms with van der Waals surface area (Å²) < 4.78 is 6.75. The number of fused-ring (bicyclic) bond motifs is 1. The Morgan fingerprint density at radius 1 is 1.18 bits per heavy atom. The largest absolute Gasteiger partial charge is 0.383 e. The molecule has 1 aromatic heterocycles. The third-order valence-corrected chi connectivity index (χ3v) is 5.88. The number of aryl methyl sites for hydroxylation is 2. The van der Waals surface area contributed by atoms with E-state index in [-0.39, 0.29) is 16.6 Å². The van der Waals surface area contributed by atoms with Crippen molar-refractivity contribution in [1.29, 1.82) is 0 Å². The predicted octanol–water partition coefficient (Wildman–Crippen LogP) is 4.02. The smallest absolute Gasteiger partial charge is 0.262 e. The summed E-state index contributed by atoms with van der Waals surface area (Å²) in [6.45, 7) is 6.66. The van der Waals surface area contributed by atoms with Crippen molar-refractivity contribution in [3.05, 3.63) is 69.5 Å². The van der Waals surface area contributed by atoms with E-state index in [1.54, 1.807) is 17.7 Å². The molecule has 0 aliphatic heterocycles. The zero-order valence-corrected chi connectivity index (χ0v) is 17.4.